The van der Waals surface area contributed by atoms with E-state index in [1.54, 1.807) is 0 Å². The van der Waals surface area contributed by atoms with Gasteiger partial charge < -0.3 is 9.84 Å². The van der Waals surface area contributed by atoms with Crippen molar-refractivity contribution >= 4 is 0 Å². The van der Waals surface area contributed by atoms with Crippen LogP contribution in [0.3, 0.4) is 0 Å². The van der Waals surface area contributed by atoms with Crippen LogP contribution in [-0.4, -0.2) is 17.8 Å². The zero-order valence-electron chi connectivity index (χ0n) is 10.4. The molecule has 0 aromatic heterocycles. The highest BCUT2D eigenvalue weighted by Gasteiger charge is 2.10. The average molecular weight is 222 g/mol. The van der Waals surface area contributed by atoms with E-state index in [0.717, 1.165) is 5.56 Å². The molecule has 0 amide bonds. The number of aliphatic hydroxyl groups is 1. The summed E-state index contributed by atoms with van der Waals surface area (Å²) in [5.41, 5.74) is 0.961. The second-order valence-corrected chi connectivity index (χ2v) is 4.54. The first-order valence-corrected chi connectivity index (χ1v) is 5.96. The first-order chi connectivity index (χ1) is 7.61. The van der Waals surface area contributed by atoms with Crippen LogP contribution in [0.1, 0.15) is 38.9 Å². The van der Waals surface area contributed by atoms with E-state index in [-0.39, 0.29) is 6.10 Å². The Kier molecular flexibility index (Phi) is 5.50. The fourth-order valence-electron chi connectivity index (χ4n) is 1.40. The molecule has 1 aromatic carbocycles. The molecule has 0 radical (unpaired) electrons. The van der Waals surface area contributed by atoms with Crippen molar-refractivity contribution in [3.63, 3.8) is 0 Å². The molecule has 16 heavy (non-hydrogen) atoms. The molecule has 0 heterocycles. The van der Waals surface area contributed by atoms with Crippen LogP contribution < -0.4 is 0 Å². The molecule has 2 nitrogen and oxygen atoms in total. The van der Waals surface area contributed by atoms with Gasteiger partial charge in [0, 0.05) is 13.0 Å². The lowest BCUT2D eigenvalue weighted by Crippen LogP contribution is -2.17. The quantitative estimate of drug-likeness (QED) is 0.801. The van der Waals surface area contributed by atoms with E-state index in [9.17, 15) is 5.11 Å². The van der Waals surface area contributed by atoms with Gasteiger partial charge in [-0.15, -0.1) is 0 Å². The van der Waals surface area contributed by atoms with Crippen molar-refractivity contribution in [3.8, 4) is 0 Å². The minimum Gasteiger partial charge on any atom is -0.388 e. The minimum atomic E-state index is -0.416. The third-order valence-corrected chi connectivity index (χ3v) is 2.90. The maximum absolute atomic E-state index is 9.89. The smallest absolute Gasteiger partial charge is 0.0812 e. The van der Waals surface area contributed by atoms with Crippen LogP contribution in [0.5, 0.6) is 0 Å². The van der Waals surface area contributed by atoms with E-state index >= 15 is 0 Å². The van der Waals surface area contributed by atoms with Crippen LogP contribution in [0.4, 0.5) is 0 Å². The number of benzene rings is 1. The van der Waals surface area contributed by atoms with Crippen molar-refractivity contribution < 1.29 is 9.84 Å². The number of hydrogen-bond donors (Lipinski definition) is 1. The van der Waals surface area contributed by atoms with Gasteiger partial charge in [0.05, 0.1) is 12.2 Å². The Labute approximate surface area is 98.3 Å². The lowest BCUT2D eigenvalue weighted by Gasteiger charge is -2.18. The largest absolute Gasteiger partial charge is 0.388 e. The van der Waals surface area contributed by atoms with Crippen LogP contribution in [0.25, 0.3) is 0 Å². The molecule has 0 spiro atoms. The molecule has 0 fully saturated rings. The van der Waals surface area contributed by atoms with Gasteiger partial charge in [0.1, 0.15) is 0 Å². The summed E-state index contributed by atoms with van der Waals surface area (Å²) in [7, 11) is 0. The van der Waals surface area contributed by atoms with Crippen molar-refractivity contribution in [2.24, 2.45) is 5.92 Å². The van der Waals surface area contributed by atoms with Gasteiger partial charge in [-0.1, -0.05) is 44.2 Å². The van der Waals surface area contributed by atoms with E-state index in [1.165, 1.54) is 0 Å². The molecule has 0 saturated heterocycles. The summed E-state index contributed by atoms with van der Waals surface area (Å²) in [5.74, 6) is 0.522. The molecular weight excluding hydrogens is 200 g/mol. The van der Waals surface area contributed by atoms with Gasteiger partial charge in [0.25, 0.3) is 0 Å². The fraction of sp³-hybridized carbons (Fsp3) is 0.571. The Morgan fingerprint density at radius 3 is 2.31 bits per heavy atom. The SMILES string of the molecule is CC(C)C(C)OCCC(O)c1ccccc1. The summed E-state index contributed by atoms with van der Waals surface area (Å²) in [6.07, 6.45) is 0.490. The van der Waals surface area contributed by atoms with Gasteiger partial charge in [0.2, 0.25) is 0 Å². The second-order valence-electron chi connectivity index (χ2n) is 4.54. The van der Waals surface area contributed by atoms with Crippen LogP contribution in [-0.2, 0) is 4.74 Å². The van der Waals surface area contributed by atoms with Crippen molar-refractivity contribution in [3.05, 3.63) is 35.9 Å². The Morgan fingerprint density at radius 1 is 1.12 bits per heavy atom. The van der Waals surface area contributed by atoms with E-state index < -0.39 is 6.10 Å². The normalized spacial score (nSPS) is 15.1. The van der Waals surface area contributed by atoms with Crippen LogP contribution in [0, 0.1) is 5.92 Å². The molecular formula is C14H22O2. The number of rotatable bonds is 6. The van der Waals surface area contributed by atoms with E-state index in [4.69, 9.17) is 4.74 Å². The average Bonchev–Trinajstić information content (AvgIpc) is 2.29. The fourth-order valence-corrected chi connectivity index (χ4v) is 1.40. The van der Waals surface area contributed by atoms with Gasteiger partial charge in [-0.05, 0) is 18.4 Å². The van der Waals surface area contributed by atoms with Crippen molar-refractivity contribution in [1.29, 1.82) is 0 Å². The summed E-state index contributed by atoms with van der Waals surface area (Å²) in [6, 6.07) is 9.72. The maximum atomic E-state index is 9.89. The first-order valence-electron chi connectivity index (χ1n) is 5.96. The monoisotopic (exact) mass is 222 g/mol. The first kappa shape index (κ1) is 13.2. The molecule has 0 saturated carbocycles. The van der Waals surface area contributed by atoms with Gasteiger partial charge in [-0.25, -0.2) is 0 Å². The van der Waals surface area contributed by atoms with Crippen LogP contribution in [0.15, 0.2) is 30.3 Å². The molecule has 1 N–H and O–H groups in total. The standard InChI is InChI=1S/C14H22O2/c1-11(2)12(3)16-10-9-14(15)13-7-5-4-6-8-13/h4-8,11-12,14-15H,9-10H2,1-3H3. The Balaban J connectivity index is 2.28. The molecule has 0 aliphatic carbocycles. The summed E-state index contributed by atoms with van der Waals surface area (Å²) >= 11 is 0. The van der Waals surface area contributed by atoms with Crippen molar-refractivity contribution in [1.82, 2.24) is 0 Å². The minimum absolute atomic E-state index is 0.253. The number of ether oxygens (including phenoxy) is 1. The third kappa shape index (κ3) is 4.33. The molecule has 2 unspecified atom stereocenters. The topological polar surface area (TPSA) is 29.5 Å². The summed E-state index contributed by atoms with van der Waals surface area (Å²) in [6.45, 7) is 6.95. The van der Waals surface area contributed by atoms with E-state index in [0.29, 0.717) is 18.9 Å². The molecule has 0 aliphatic heterocycles. The van der Waals surface area contributed by atoms with Crippen molar-refractivity contribution in [2.75, 3.05) is 6.61 Å². The Bertz CT molecular complexity index is 282. The zero-order chi connectivity index (χ0) is 12.0. The Hall–Kier alpha value is -0.860. The summed E-state index contributed by atoms with van der Waals surface area (Å²) in [5, 5.41) is 9.89. The van der Waals surface area contributed by atoms with E-state index in [1.807, 2.05) is 30.3 Å². The predicted molar refractivity (Wildman–Crippen MR) is 66.3 cm³/mol. The van der Waals surface area contributed by atoms with Gasteiger partial charge >= 0.3 is 0 Å². The molecule has 0 aliphatic rings. The lowest BCUT2D eigenvalue weighted by atomic mass is 10.1. The molecule has 90 valence electrons. The van der Waals surface area contributed by atoms with Gasteiger partial charge in [-0.3, -0.25) is 0 Å². The van der Waals surface area contributed by atoms with Gasteiger partial charge in [0.15, 0.2) is 0 Å². The molecule has 1 aromatic rings. The van der Waals surface area contributed by atoms with Crippen molar-refractivity contribution in [2.45, 2.75) is 39.4 Å². The highest BCUT2D eigenvalue weighted by Crippen LogP contribution is 2.16. The molecule has 2 atom stereocenters. The molecule has 0 bridgehead atoms. The zero-order valence-corrected chi connectivity index (χ0v) is 10.4. The highest BCUT2D eigenvalue weighted by atomic mass is 16.5. The van der Waals surface area contributed by atoms with Crippen LogP contribution >= 0.6 is 0 Å². The number of hydrogen-bond acceptors (Lipinski definition) is 2. The van der Waals surface area contributed by atoms with Crippen LogP contribution in [0.2, 0.25) is 0 Å². The summed E-state index contributed by atoms with van der Waals surface area (Å²) < 4.78 is 5.64. The predicted octanol–water partition coefficient (Wildman–Crippen LogP) is 3.17. The Morgan fingerprint density at radius 2 is 1.75 bits per heavy atom. The number of aliphatic hydroxyl groups excluding tert-OH is 1. The van der Waals surface area contributed by atoms with E-state index in [2.05, 4.69) is 20.8 Å². The summed E-state index contributed by atoms with van der Waals surface area (Å²) in [4.78, 5) is 0. The maximum Gasteiger partial charge on any atom is 0.0812 e. The lowest BCUT2D eigenvalue weighted by molar-refractivity contribution is 0.0143. The highest BCUT2D eigenvalue weighted by molar-refractivity contribution is 5.16. The molecule has 1 rings (SSSR count). The third-order valence-electron chi connectivity index (χ3n) is 2.90. The molecule has 2 heteroatoms. The second kappa shape index (κ2) is 6.66. The van der Waals surface area contributed by atoms with Gasteiger partial charge in [-0.2, -0.15) is 0 Å².